The summed E-state index contributed by atoms with van der Waals surface area (Å²) in [6.45, 7) is 6.29. The van der Waals surface area contributed by atoms with Gasteiger partial charge in [0.05, 0.1) is 6.10 Å². The first-order valence-corrected chi connectivity index (χ1v) is 6.05. The smallest absolute Gasteiger partial charge is 0.0684 e. The Kier molecular flexibility index (Phi) is 3.31. The SMILES string of the molecule is CC1(C)CC(O)CN1CCc1ccccc1. The highest BCUT2D eigenvalue weighted by Crippen LogP contribution is 2.28. The molecule has 0 aliphatic carbocycles. The lowest BCUT2D eigenvalue weighted by Crippen LogP contribution is -2.39. The van der Waals surface area contributed by atoms with Crippen molar-refractivity contribution < 1.29 is 5.11 Å². The van der Waals surface area contributed by atoms with Crippen LogP contribution < -0.4 is 0 Å². The van der Waals surface area contributed by atoms with Crippen LogP contribution in [0.15, 0.2) is 30.3 Å². The number of hydrogen-bond donors (Lipinski definition) is 1. The van der Waals surface area contributed by atoms with E-state index in [1.165, 1.54) is 5.56 Å². The fourth-order valence-electron chi connectivity index (χ4n) is 2.57. The van der Waals surface area contributed by atoms with Crippen molar-refractivity contribution in [3.05, 3.63) is 35.9 Å². The molecule has 1 heterocycles. The Morgan fingerprint density at radius 2 is 2.00 bits per heavy atom. The van der Waals surface area contributed by atoms with Gasteiger partial charge in [-0.15, -0.1) is 0 Å². The van der Waals surface area contributed by atoms with Crippen molar-refractivity contribution in [1.82, 2.24) is 4.90 Å². The Bertz CT molecular complexity index is 334. The lowest BCUT2D eigenvalue weighted by atomic mass is 10.0. The Balaban J connectivity index is 1.91. The number of aliphatic hydroxyl groups is 1. The number of rotatable bonds is 3. The van der Waals surface area contributed by atoms with E-state index in [1.807, 2.05) is 6.07 Å². The largest absolute Gasteiger partial charge is 0.392 e. The van der Waals surface area contributed by atoms with E-state index < -0.39 is 0 Å². The fraction of sp³-hybridized carbons (Fsp3) is 0.571. The van der Waals surface area contributed by atoms with E-state index in [-0.39, 0.29) is 11.6 Å². The summed E-state index contributed by atoms with van der Waals surface area (Å²) >= 11 is 0. The van der Waals surface area contributed by atoms with Crippen LogP contribution >= 0.6 is 0 Å². The number of nitrogens with zero attached hydrogens (tertiary/aromatic N) is 1. The predicted molar refractivity (Wildman–Crippen MR) is 66.4 cm³/mol. The van der Waals surface area contributed by atoms with Gasteiger partial charge in [0.25, 0.3) is 0 Å². The van der Waals surface area contributed by atoms with E-state index in [0.29, 0.717) is 0 Å². The summed E-state index contributed by atoms with van der Waals surface area (Å²) < 4.78 is 0. The molecule has 1 aliphatic heterocycles. The Morgan fingerprint density at radius 1 is 1.31 bits per heavy atom. The van der Waals surface area contributed by atoms with Gasteiger partial charge in [-0.2, -0.15) is 0 Å². The molecular formula is C14H21NO. The molecule has 2 rings (SSSR count). The molecule has 0 spiro atoms. The summed E-state index contributed by atoms with van der Waals surface area (Å²) in [7, 11) is 0. The molecule has 2 nitrogen and oxygen atoms in total. The van der Waals surface area contributed by atoms with Crippen LogP contribution in [0.2, 0.25) is 0 Å². The molecule has 0 aromatic heterocycles. The Morgan fingerprint density at radius 3 is 2.56 bits per heavy atom. The molecule has 1 saturated heterocycles. The third kappa shape index (κ3) is 2.63. The van der Waals surface area contributed by atoms with E-state index in [1.54, 1.807) is 0 Å². The van der Waals surface area contributed by atoms with E-state index in [4.69, 9.17) is 0 Å². The van der Waals surface area contributed by atoms with Crippen LogP contribution in [0.25, 0.3) is 0 Å². The second-order valence-electron chi connectivity index (χ2n) is 5.35. The van der Waals surface area contributed by atoms with E-state index in [2.05, 4.69) is 43.0 Å². The molecule has 0 bridgehead atoms. The first-order chi connectivity index (χ1) is 7.58. The van der Waals surface area contributed by atoms with Crippen molar-refractivity contribution in [1.29, 1.82) is 0 Å². The molecule has 1 atom stereocenters. The van der Waals surface area contributed by atoms with Gasteiger partial charge >= 0.3 is 0 Å². The van der Waals surface area contributed by atoms with Gasteiger partial charge in [-0.1, -0.05) is 30.3 Å². The standard InChI is InChI=1S/C14H21NO/c1-14(2)10-13(16)11-15(14)9-8-12-6-4-3-5-7-12/h3-7,13,16H,8-11H2,1-2H3. The number of aliphatic hydroxyl groups excluding tert-OH is 1. The molecule has 2 heteroatoms. The van der Waals surface area contributed by atoms with Gasteiger partial charge in [-0.05, 0) is 32.3 Å². The lowest BCUT2D eigenvalue weighted by molar-refractivity contribution is 0.165. The van der Waals surface area contributed by atoms with E-state index in [9.17, 15) is 5.11 Å². The lowest BCUT2D eigenvalue weighted by Gasteiger charge is -2.31. The van der Waals surface area contributed by atoms with Crippen molar-refractivity contribution in [2.24, 2.45) is 0 Å². The van der Waals surface area contributed by atoms with Gasteiger partial charge < -0.3 is 5.11 Å². The van der Waals surface area contributed by atoms with Crippen molar-refractivity contribution in [2.75, 3.05) is 13.1 Å². The highest BCUT2D eigenvalue weighted by atomic mass is 16.3. The zero-order valence-corrected chi connectivity index (χ0v) is 10.2. The average Bonchev–Trinajstić information content (AvgIpc) is 2.50. The number of β-amino-alcohol motifs (C(OH)–C–C–N with tert-alkyl or cyclic N) is 1. The van der Waals surface area contributed by atoms with Gasteiger partial charge in [0.1, 0.15) is 0 Å². The second-order valence-corrected chi connectivity index (χ2v) is 5.35. The van der Waals surface area contributed by atoms with Gasteiger partial charge in [0.15, 0.2) is 0 Å². The fourth-order valence-corrected chi connectivity index (χ4v) is 2.57. The van der Waals surface area contributed by atoms with Crippen molar-refractivity contribution in [3.8, 4) is 0 Å². The van der Waals surface area contributed by atoms with Crippen LogP contribution in [0.3, 0.4) is 0 Å². The minimum Gasteiger partial charge on any atom is -0.392 e. The van der Waals surface area contributed by atoms with E-state index >= 15 is 0 Å². The third-order valence-electron chi connectivity index (χ3n) is 3.54. The zero-order chi connectivity index (χ0) is 11.6. The number of hydrogen-bond acceptors (Lipinski definition) is 2. The summed E-state index contributed by atoms with van der Waals surface area (Å²) in [5.74, 6) is 0. The minimum absolute atomic E-state index is 0.147. The highest BCUT2D eigenvalue weighted by molar-refractivity contribution is 5.15. The van der Waals surface area contributed by atoms with Gasteiger partial charge in [0.2, 0.25) is 0 Å². The van der Waals surface area contributed by atoms with Crippen LogP contribution in [0, 0.1) is 0 Å². The summed E-state index contributed by atoms with van der Waals surface area (Å²) in [6, 6.07) is 10.5. The first kappa shape index (κ1) is 11.6. The maximum Gasteiger partial charge on any atom is 0.0684 e. The monoisotopic (exact) mass is 219 g/mol. The molecule has 0 saturated carbocycles. The maximum absolute atomic E-state index is 9.69. The number of benzene rings is 1. The molecule has 88 valence electrons. The van der Waals surface area contributed by atoms with Gasteiger partial charge in [-0.25, -0.2) is 0 Å². The topological polar surface area (TPSA) is 23.5 Å². The molecule has 1 aromatic rings. The molecule has 0 radical (unpaired) electrons. The number of likely N-dealkylation sites (tertiary alicyclic amines) is 1. The zero-order valence-electron chi connectivity index (χ0n) is 10.2. The summed E-state index contributed by atoms with van der Waals surface area (Å²) in [5.41, 5.74) is 1.52. The summed E-state index contributed by atoms with van der Waals surface area (Å²) in [5, 5.41) is 9.69. The predicted octanol–water partition coefficient (Wildman–Crippen LogP) is 2.07. The molecule has 1 unspecified atom stereocenters. The van der Waals surface area contributed by atoms with Gasteiger partial charge in [-0.3, -0.25) is 4.90 Å². The molecular weight excluding hydrogens is 198 g/mol. The van der Waals surface area contributed by atoms with Gasteiger partial charge in [0, 0.05) is 18.6 Å². The maximum atomic E-state index is 9.69. The van der Waals surface area contributed by atoms with Crippen molar-refractivity contribution in [3.63, 3.8) is 0 Å². The molecule has 1 aromatic carbocycles. The Labute approximate surface area is 97.9 Å². The third-order valence-corrected chi connectivity index (χ3v) is 3.54. The quantitative estimate of drug-likeness (QED) is 0.841. The van der Waals surface area contributed by atoms with Crippen LogP contribution in [0.1, 0.15) is 25.8 Å². The van der Waals surface area contributed by atoms with Crippen LogP contribution in [-0.4, -0.2) is 34.7 Å². The molecule has 1 aliphatic rings. The molecule has 0 amide bonds. The van der Waals surface area contributed by atoms with E-state index in [0.717, 1.165) is 25.9 Å². The van der Waals surface area contributed by atoms with Crippen molar-refractivity contribution >= 4 is 0 Å². The summed E-state index contributed by atoms with van der Waals surface area (Å²) in [4.78, 5) is 2.39. The second kappa shape index (κ2) is 4.56. The average molecular weight is 219 g/mol. The molecule has 1 fully saturated rings. The molecule has 1 N–H and O–H groups in total. The van der Waals surface area contributed by atoms with Crippen molar-refractivity contribution in [2.45, 2.75) is 38.3 Å². The summed E-state index contributed by atoms with van der Waals surface area (Å²) in [6.07, 6.45) is 1.81. The highest BCUT2D eigenvalue weighted by Gasteiger charge is 2.36. The molecule has 16 heavy (non-hydrogen) atoms. The Hall–Kier alpha value is -0.860. The first-order valence-electron chi connectivity index (χ1n) is 6.05. The normalized spacial score (nSPS) is 24.8. The van der Waals surface area contributed by atoms with Crippen LogP contribution in [-0.2, 0) is 6.42 Å². The van der Waals surface area contributed by atoms with Crippen LogP contribution in [0.5, 0.6) is 0 Å². The minimum atomic E-state index is -0.147. The van der Waals surface area contributed by atoms with Crippen LogP contribution in [0.4, 0.5) is 0 Å².